The van der Waals surface area contributed by atoms with Crippen LogP contribution in [-0.4, -0.2) is 34.3 Å². The van der Waals surface area contributed by atoms with Crippen LogP contribution in [0.5, 0.6) is 5.75 Å². The number of ether oxygens (including phenoxy) is 2. The molecule has 1 heterocycles. The van der Waals surface area contributed by atoms with Crippen LogP contribution in [0.1, 0.15) is 32.6 Å². The van der Waals surface area contributed by atoms with Gasteiger partial charge < -0.3 is 9.47 Å². The number of sulfonamides is 1. The number of hydrogen-bond acceptors (Lipinski definition) is 4. The van der Waals surface area contributed by atoms with Gasteiger partial charge in [-0.2, -0.15) is 0 Å². The zero-order chi connectivity index (χ0) is 15.6. The normalized spacial score (nSPS) is 24.0. The Balaban J connectivity index is 1.79. The highest BCUT2D eigenvalue weighted by Crippen LogP contribution is 2.49. The molecule has 122 valence electrons. The molecule has 1 N–H and O–H groups in total. The highest BCUT2D eigenvalue weighted by Gasteiger charge is 2.49. The van der Waals surface area contributed by atoms with Crippen molar-refractivity contribution in [1.82, 2.24) is 4.72 Å². The van der Waals surface area contributed by atoms with Gasteiger partial charge in [0.2, 0.25) is 10.0 Å². The molecule has 1 unspecified atom stereocenters. The molecular formula is C16H23NO4S. The lowest BCUT2D eigenvalue weighted by Gasteiger charge is -2.51. The highest BCUT2D eigenvalue weighted by atomic mass is 32.2. The summed E-state index contributed by atoms with van der Waals surface area (Å²) >= 11 is 0. The van der Waals surface area contributed by atoms with Crippen molar-refractivity contribution in [2.45, 2.75) is 43.5 Å². The molecule has 1 aromatic rings. The maximum absolute atomic E-state index is 12.7. The second kappa shape index (κ2) is 6.18. The molecule has 1 atom stereocenters. The Kier molecular flexibility index (Phi) is 4.43. The van der Waals surface area contributed by atoms with Gasteiger partial charge in [-0.25, -0.2) is 13.1 Å². The number of hydrogen-bond donors (Lipinski definition) is 1. The zero-order valence-electron chi connectivity index (χ0n) is 12.9. The molecule has 0 amide bonds. The molecule has 1 saturated carbocycles. The van der Waals surface area contributed by atoms with Crippen molar-refractivity contribution in [1.29, 1.82) is 0 Å². The molecule has 2 fully saturated rings. The van der Waals surface area contributed by atoms with E-state index in [1.165, 1.54) is 0 Å². The Hall–Kier alpha value is -1.11. The van der Waals surface area contributed by atoms with Crippen LogP contribution in [0, 0.1) is 5.41 Å². The van der Waals surface area contributed by atoms with E-state index in [0.717, 1.165) is 38.9 Å². The van der Waals surface area contributed by atoms with Gasteiger partial charge in [0.15, 0.2) is 0 Å². The highest BCUT2D eigenvalue weighted by molar-refractivity contribution is 7.89. The first kappa shape index (κ1) is 15.8. The largest absolute Gasteiger partial charge is 0.492 e. The van der Waals surface area contributed by atoms with Gasteiger partial charge in [-0.15, -0.1) is 0 Å². The second-order valence-corrected chi connectivity index (χ2v) is 7.75. The van der Waals surface area contributed by atoms with Crippen LogP contribution >= 0.6 is 0 Å². The number of para-hydroxylation sites is 1. The molecule has 0 bridgehead atoms. The fraction of sp³-hybridized carbons (Fsp3) is 0.625. The minimum absolute atomic E-state index is 0.0103. The smallest absolute Gasteiger partial charge is 0.244 e. The van der Waals surface area contributed by atoms with E-state index in [2.05, 4.69) is 4.72 Å². The predicted octanol–water partition coefficient (Wildman–Crippen LogP) is 2.32. The van der Waals surface area contributed by atoms with Crippen molar-refractivity contribution in [2.24, 2.45) is 5.41 Å². The summed E-state index contributed by atoms with van der Waals surface area (Å²) in [4.78, 5) is 0.228. The summed E-state index contributed by atoms with van der Waals surface area (Å²) in [6, 6.07) is 6.82. The van der Waals surface area contributed by atoms with E-state index in [9.17, 15) is 8.42 Å². The predicted molar refractivity (Wildman–Crippen MR) is 83.4 cm³/mol. The summed E-state index contributed by atoms with van der Waals surface area (Å²) in [5, 5.41) is 0. The maximum Gasteiger partial charge on any atom is 0.244 e. The van der Waals surface area contributed by atoms with Crippen LogP contribution in [0.3, 0.4) is 0 Å². The molecule has 1 aromatic carbocycles. The minimum atomic E-state index is -3.56. The van der Waals surface area contributed by atoms with E-state index in [4.69, 9.17) is 9.47 Å². The minimum Gasteiger partial charge on any atom is -0.492 e. The molecule has 6 heteroatoms. The second-order valence-electron chi connectivity index (χ2n) is 6.07. The Morgan fingerprint density at radius 1 is 1.27 bits per heavy atom. The van der Waals surface area contributed by atoms with Crippen molar-refractivity contribution in [3.63, 3.8) is 0 Å². The first-order chi connectivity index (χ1) is 10.6. The third-order valence-corrected chi connectivity index (χ3v) is 6.41. The molecule has 1 spiro atoms. The number of nitrogens with one attached hydrogen (secondary N) is 1. The molecular weight excluding hydrogens is 302 g/mol. The fourth-order valence-corrected chi connectivity index (χ4v) is 4.97. The molecule has 1 aliphatic heterocycles. The maximum atomic E-state index is 12.7. The van der Waals surface area contributed by atoms with Gasteiger partial charge in [0.1, 0.15) is 10.6 Å². The summed E-state index contributed by atoms with van der Waals surface area (Å²) < 4.78 is 39.2. The van der Waals surface area contributed by atoms with Crippen LogP contribution in [0.25, 0.3) is 0 Å². The topological polar surface area (TPSA) is 64.6 Å². The van der Waals surface area contributed by atoms with Gasteiger partial charge in [0.25, 0.3) is 0 Å². The lowest BCUT2D eigenvalue weighted by atomic mass is 9.60. The van der Waals surface area contributed by atoms with Gasteiger partial charge in [-0.05, 0) is 50.2 Å². The van der Waals surface area contributed by atoms with E-state index in [0.29, 0.717) is 12.4 Å². The lowest BCUT2D eigenvalue weighted by Crippen LogP contribution is -2.57. The monoisotopic (exact) mass is 325 g/mol. The van der Waals surface area contributed by atoms with E-state index < -0.39 is 10.0 Å². The Morgan fingerprint density at radius 2 is 2.00 bits per heavy atom. The number of benzene rings is 1. The molecule has 22 heavy (non-hydrogen) atoms. The van der Waals surface area contributed by atoms with Gasteiger partial charge in [-0.1, -0.05) is 12.1 Å². The molecule has 5 nitrogen and oxygen atoms in total. The van der Waals surface area contributed by atoms with Gasteiger partial charge in [0, 0.05) is 19.3 Å². The van der Waals surface area contributed by atoms with Crippen LogP contribution in [-0.2, 0) is 14.8 Å². The molecule has 2 aliphatic rings. The van der Waals surface area contributed by atoms with Crippen molar-refractivity contribution < 1.29 is 17.9 Å². The van der Waals surface area contributed by atoms with Crippen LogP contribution in [0.15, 0.2) is 29.2 Å². The van der Waals surface area contributed by atoms with Crippen molar-refractivity contribution in [2.75, 3.05) is 19.8 Å². The Bertz CT molecular complexity index is 623. The van der Waals surface area contributed by atoms with Gasteiger partial charge >= 0.3 is 0 Å². The van der Waals surface area contributed by atoms with E-state index >= 15 is 0 Å². The number of rotatable bonds is 5. The average Bonchev–Trinajstić information content (AvgIpc) is 2.53. The van der Waals surface area contributed by atoms with E-state index in [1.807, 2.05) is 6.92 Å². The van der Waals surface area contributed by atoms with Gasteiger partial charge in [0.05, 0.1) is 6.61 Å². The summed E-state index contributed by atoms with van der Waals surface area (Å²) in [5.41, 5.74) is 0.0892. The SMILES string of the molecule is CCOc1ccccc1S(=O)(=O)NC1CCC12CCOCC2. The first-order valence-electron chi connectivity index (χ1n) is 7.89. The zero-order valence-corrected chi connectivity index (χ0v) is 13.7. The fourth-order valence-electron chi connectivity index (χ4n) is 3.45. The van der Waals surface area contributed by atoms with Crippen LogP contribution in [0.4, 0.5) is 0 Å². The third kappa shape index (κ3) is 2.87. The Labute approximate surface area is 132 Å². The quantitative estimate of drug-likeness (QED) is 0.902. The van der Waals surface area contributed by atoms with Crippen molar-refractivity contribution in [3.05, 3.63) is 24.3 Å². The summed E-state index contributed by atoms with van der Waals surface area (Å²) in [6.07, 6.45) is 3.85. The van der Waals surface area contributed by atoms with E-state index in [-0.39, 0.29) is 16.4 Å². The molecule has 1 saturated heterocycles. The lowest BCUT2D eigenvalue weighted by molar-refractivity contribution is -0.0483. The van der Waals surface area contributed by atoms with Crippen LogP contribution < -0.4 is 9.46 Å². The summed E-state index contributed by atoms with van der Waals surface area (Å²) in [7, 11) is -3.56. The van der Waals surface area contributed by atoms with Crippen molar-refractivity contribution in [3.8, 4) is 5.75 Å². The molecule has 0 radical (unpaired) electrons. The summed E-state index contributed by atoms with van der Waals surface area (Å²) in [5.74, 6) is 0.415. The molecule has 3 rings (SSSR count). The standard InChI is InChI=1S/C16H23NO4S/c1-2-21-13-5-3-4-6-14(13)22(18,19)17-15-7-8-16(15)9-11-20-12-10-16/h3-6,15,17H,2,7-12H2,1H3. The van der Waals surface area contributed by atoms with Crippen LogP contribution in [0.2, 0.25) is 0 Å². The molecule has 1 aliphatic carbocycles. The van der Waals surface area contributed by atoms with Crippen molar-refractivity contribution >= 4 is 10.0 Å². The van der Waals surface area contributed by atoms with E-state index in [1.54, 1.807) is 24.3 Å². The van der Waals surface area contributed by atoms with Gasteiger partial charge in [-0.3, -0.25) is 0 Å². The Morgan fingerprint density at radius 3 is 2.64 bits per heavy atom. The molecule has 0 aromatic heterocycles. The third-order valence-electron chi connectivity index (χ3n) is 4.89. The first-order valence-corrected chi connectivity index (χ1v) is 9.38. The summed E-state index contributed by atoms with van der Waals surface area (Å²) in [6.45, 7) is 3.75. The average molecular weight is 325 g/mol.